The highest BCUT2D eigenvalue weighted by molar-refractivity contribution is 7.89. The molecule has 1 fully saturated rings. The summed E-state index contributed by atoms with van der Waals surface area (Å²) in [4.78, 5) is 14.1. The predicted octanol–water partition coefficient (Wildman–Crippen LogP) is 2.12. The molecule has 0 bridgehead atoms. The fourth-order valence-corrected chi connectivity index (χ4v) is 4.25. The minimum absolute atomic E-state index is 0.0659. The van der Waals surface area contributed by atoms with Crippen LogP contribution < -0.4 is 5.32 Å². The number of carbonyl (C=O) groups is 1. The Balaban J connectivity index is 2.12. The molecule has 6 nitrogen and oxygen atoms in total. The number of nitrogens with zero attached hydrogens (tertiary/aromatic N) is 2. The molecular formula is C17H27N3O3S. The Morgan fingerprint density at radius 1 is 1.08 bits per heavy atom. The van der Waals surface area contributed by atoms with Crippen LogP contribution in [0.25, 0.3) is 0 Å². The summed E-state index contributed by atoms with van der Waals surface area (Å²) in [6.45, 7) is 9.41. The number of nitrogens with one attached hydrogen (secondary N) is 1. The second-order valence-corrected chi connectivity index (χ2v) is 8.53. The van der Waals surface area contributed by atoms with Crippen LogP contribution in [0.4, 0.5) is 4.79 Å². The first kappa shape index (κ1) is 18.7. The summed E-state index contributed by atoms with van der Waals surface area (Å²) in [5.74, 6) is 0. The van der Waals surface area contributed by atoms with E-state index >= 15 is 0 Å². The van der Waals surface area contributed by atoms with E-state index in [9.17, 15) is 13.2 Å². The molecule has 24 heavy (non-hydrogen) atoms. The molecule has 0 aliphatic carbocycles. The maximum absolute atomic E-state index is 12.9. The van der Waals surface area contributed by atoms with Crippen LogP contribution in [0.2, 0.25) is 0 Å². The van der Waals surface area contributed by atoms with Gasteiger partial charge in [-0.05, 0) is 57.4 Å². The molecule has 1 N–H and O–H groups in total. The zero-order valence-corrected chi connectivity index (χ0v) is 15.7. The van der Waals surface area contributed by atoms with Crippen LogP contribution >= 0.6 is 0 Å². The molecule has 134 valence electrons. The lowest BCUT2D eigenvalue weighted by Crippen LogP contribution is -2.44. The van der Waals surface area contributed by atoms with Crippen LogP contribution in [-0.4, -0.2) is 55.9 Å². The Labute approximate surface area is 144 Å². The van der Waals surface area contributed by atoms with Gasteiger partial charge < -0.3 is 10.2 Å². The van der Waals surface area contributed by atoms with Crippen LogP contribution in [-0.2, 0) is 10.0 Å². The minimum Gasteiger partial charge on any atom is -0.336 e. The van der Waals surface area contributed by atoms with Gasteiger partial charge in [0.25, 0.3) is 0 Å². The molecule has 2 amide bonds. The predicted molar refractivity (Wildman–Crippen MR) is 94.5 cm³/mol. The molecule has 0 radical (unpaired) electrons. The third-order valence-corrected chi connectivity index (χ3v) is 6.17. The monoisotopic (exact) mass is 353 g/mol. The maximum Gasteiger partial charge on any atom is 0.317 e. The van der Waals surface area contributed by atoms with Gasteiger partial charge in [0.2, 0.25) is 10.0 Å². The number of amides is 2. The van der Waals surface area contributed by atoms with Crippen molar-refractivity contribution in [3.8, 4) is 0 Å². The summed E-state index contributed by atoms with van der Waals surface area (Å²) in [6, 6.07) is 5.15. The average Bonchev–Trinajstić information content (AvgIpc) is 2.75. The fourth-order valence-electron chi connectivity index (χ4n) is 2.70. The first-order chi connectivity index (χ1) is 11.2. The molecule has 0 atom stereocenters. The third-order valence-electron chi connectivity index (χ3n) is 4.27. The smallest absolute Gasteiger partial charge is 0.317 e. The molecule has 1 saturated heterocycles. The fraction of sp³-hybridized carbons (Fsp3) is 0.588. The van der Waals surface area contributed by atoms with Crippen molar-refractivity contribution in [1.29, 1.82) is 0 Å². The van der Waals surface area contributed by atoms with Crippen molar-refractivity contribution in [2.45, 2.75) is 45.1 Å². The number of hydrogen-bond acceptors (Lipinski definition) is 3. The lowest BCUT2D eigenvalue weighted by Gasteiger charge is -2.23. The summed E-state index contributed by atoms with van der Waals surface area (Å²) in [6.07, 6.45) is 0.635. The Kier molecular flexibility index (Phi) is 5.87. The van der Waals surface area contributed by atoms with Crippen molar-refractivity contribution in [3.63, 3.8) is 0 Å². The van der Waals surface area contributed by atoms with Gasteiger partial charge in [-0.2, -0.15) is 4.31 Å². The highest BCUT2D eigenvalue weighted by atomic mass is 32.2. The Morgan fingerprint density at radius 3 is 2.42 bits per heavy atom. The Hall–Kier alpha value is -1.60. The number of benzene rings is 1. The Bertz CT molecular complexity index is 701. The number of hydrogen-bond donors (Lipinski definition) is 1. The molecule has 1 aromatic rings. The van der Waals surface area contributed by atoms with Gasteiger partial charge in [0.05, 0.1) is 4.90 Å². The van der Waals surface area contributed by atoms with Crippen LogP contribution in [0.3, 0.4) is 0 Å². The van der Waals surface area contributed by atoms with Gasteiger partial charge >= 0.3 is 6.03 Å². The number of rotatable bonds is 3. The zero-order chi connectivity index (χ0) is 17.9. The molecule has 1 aliphatic heterocycles. The molecule has 2 rings (SSSR count). The van der Waals surface area contributed by atoms with Gasteiger partial charge in [0.15, 0.2) is 0 Å². The summed E-state index contributed by atoms with van der Waals surface area (Å²) >= 11 is 0. The standard InChI is InChI=1S/C17H27N3O3S/c1-13(2)18-17(21)19-8-5-9-20(11-10-19)24(22,23)16-7-6-14(3)15(4)12-16/h6-7,12-13H,5,8-11H2,1-4H3,(H,18,21). The van der Waals surface area contributed by atoms with Gasteiger partial charge in [0, 0.05) is 32.2 Å². The molecule has 0 unspecified atom stereocenters. The largest absolute Gasteiger partial charge is 0.336 e. The van der Waals surface area contributed by atoms with Gasteiger partial charge in [-0.1, -0.05) is 6.07 Å². The molecule has 1 aromatic carbocycles. The van der Waals surface area contributed by atoms with E-state index in [4.69, 9.17) is 0 Å². The van der Waals surface area contributed by atoms with E-state index in [-0.39, 0.29) is 12.1 Å². The van der Waals surface area contributed by atoms with Crippen molar-refractivity contribution < 1.29 is 13.2 Å². The van der Waals surface area contributed by atoms with E-state index < -0.39 is 10.0 Å². The normalized spacial score (nSPS) is 17.0. The SMILES string of the molecule is Cc1ccc(S(=O)(=O)N2CCCN(C(=O)NC(C)C)CC2)cc1C. The van der Waals surface area contributed by atoms with Crippen LogP contribution in [0, 0.1) is 13.8 Å². The molecule has 0 aromatic heterocycles. The quantitative estimate of drug-likeness (QED) is 0.905. The van der Waals surface area contributed by atoms with E-state index in [1.807, 2.05) is 33.8 Å². The second kappa shape index (κ2) is 7.53. The van der Waals surface area contributed by atoms with Crippen molar-refractivity contribution in [2.75, 3.05) is 26.2 Å². The molecule has 1 aliphatic rings. The minimum atomic E-state index is -3.52. The van der Waals surface area contributed by atoms with Gasteiger partial charge in [-0.15, -0.1) is 0 Å². The summed E-state index contributed by atoms with van der Waals surface area (Å²) < 4.78 is 27.2. The van der Waals surface area contributed by atoms with Crippen LogP contribution in [0.1, 0.15) is 31.4 Å². The molecule has 0 saturated carbocycles. The first-order valence-corrected chi connectivity index (χ1v) is 9.78. The van der Waals surface area contributed by atoms with E-state index in [1.165, 1.54) is 4.31 Å². The topological polar surface area (TPSA) is 69.7 Å². The highest BCUT2D eigenvalue weighted by Gasteiger charge is 2.28. The van der Waals surface area contributed by atoms with Crippen molar-refractivity contribution in [3.05, 3.63) is 29.3 Å². The number of aryl methyl sites for hydroxylation is 2. The van der Waals surface area contributed by atoms with Gasteiger partial charge in [0.1, 0.15) is 0 Å². The maximum atomic E-state index is 12.9. The molecule has 7 heteroatoms. The van der Waals surface area contributed by atoms with Gasteiger partial charge in [-0.3, -0.25) is 0 Å². The average molecular weight is 353 g/mol. The molecular weight excluding hydrogens is 326 g/mol. The van der Waals surface area contributed by atoms with E-state index in [0.29, 0.717) is 37.5 Å². The second-order valence-electron chi connectivity index (χ2n) is 6.59. The third kappa shape index (κ3) is 4.27. The molecule has 0 spiro atoms. The van der Waals surface area contributed by atoms with Crippen molar-refractivity contribution in [2.24, 2.45) is 0 Å². The van der Waals surface area contributed by atoms with E-state index in [2.05, 4.69) is 5.32 Å². The van der Waals surface area contributed by atoms with Gasteiger partial charge in [-0.25, -0.2) is 13.2 Å². The van der Waals surface area contributed by atoms with E-state index in [1.54, 1.807) is 17.0 Å². The lowest BCUT2D eigenvalue weighted by atomic mass is 10.1. The molecule has 1 heterocycles. The number of carbonyl (C=O) groups excluding carboxylic acids is 1. The summed E-state index contributed by atoms with van der Waals surface area (Å²) in [5, 5.41) is 2.86. The number of urea groups is 1. The van der Waals surface area contributed by atoms with Crippen LogP contribution in [0.5, 0.6) is 0 Å². The summed E-state index contributed by atoms with van der Waals surface area (Å²) in [5.41, 5.74) is 2.03. The number of sulfonamides is 1. The lowest BCUT2D eigenvalue weighted by molar-refractivity contribution is 0.198. The van der Waals surface area contributed by atoms with Crippen molar-refractivity contribution >= 4 is 16.1 Å². The van der Waals surface area contributed by atoms with E-state index in [0.717, 1.165) is 11.1 Å². The van der Waals surface area contributed by atoms with Crippen LogP contribution in [0.15, 0.2) is 23.1 Å². The zero-order valence-electron chi connectivity index (χ0n) is 14.9. The first-order valence-electron chi connectivity index (χ1n) is 8.34. The summed E-state index contributed by atoms with van der Waals surface area (Å²) in [7, 11) is -3.52. The Morgan fingerprint density at radius 2 is 1.79 bits per heavy atom. The van der Waals surface area contributed by atoms with Crippen molar-refractivity contribution in [1.82, 2.24) is 14.5 Å². The highest BCUT2D eigenvalue weighted by Crippen LogP contribution is 2.20.